The third-order valence-corrected chi connectivity index (χ3v) is 4.76. The van der Waals surface area contributed by atoms with Gasteiger partial charge in [0, 0.05) is 22.0 Å². The molecule has 22 heavy (non-hydrogen) atoms. The molecule has 1 atom stereocenters. The first-order chi connectivity index (χ1) is 10.6. The van der Waals surface area contributed by atoms with Crippen LogP contribution in [0.25, 0.3) is 0 Å². The first-order valence-corrected chi connectivity index (χ1v) is 8.27. The fourth-order valence-electron chi connectivity index (χ4n) is 2.53. The molecule has 2 amide bonds. The van der Waals surface area contributed by atoms with E-state index in [4.69, 9.17) is 11.6 Å². The van der Waals surface area contributed by atoms with Crippen LogP contribution in [-0.4, -0.2) is 22.8 Å². The zero-order chi connectivity index (χ0) is 15.5. The van der Waals surface area contributed by atoms with E-state index < -0.39 is 6.04 Å². The summed E-state index contributed by atoms with van der Waals surface area (Å²) in [6.07, 6.45) is 0.980. The normalized spacial score (nSPS) is 17.8. The van der Waals surface area contributed by atoms with E-state index in [1.54, 1.807) is 40.5 Å². The van der Waals surface area contributed by atoms with Crippen LogP contribution >= 0.6 is 22.9 Å². The van der Waals surface area contributed by atoms with Gasteiger partial charge in [-0.2, -0.15) is 0 Å². The van der Waals surface area contributed by atoms with Gasteiger partial charge >= 0.3 is 0 Å². The maximum Gasteiger partial charge on any atom is 0.247 e. The molecule has 1 aliphatic heterocycles. The largest absolute Gasteiger partial charge is 0.326 e. The van der Waals surface area contributed by atoms with Gasteiger partial charge in [-0.3, -0.25) is 9.59 Å². The van der Waals surface area contributed by atoms with Gasteiger partial charge in [-0.15, -0.1) is 11.3 Å². The van der Waals surface area contributed by atoms with Crippen molar-refractivity contribution in [1.82, 2.24) is 4.90 Å². The van der Waals surface area contributed by atoms with Gasteiger partial charge in [-0.25, -0.2) is 0 Å². The van der Waals surface area contributed by atoms with E-state index in [2.05, 4.69) is 5.32 Å². The number of thiophene rings is 1. The van der Waals surface area contributed by atoms with Crippen molar-refractivity contribution in [3.05, 3.63) is 51.7 Å². The SMILES string of the molecule is O=C(Nc1ccc(Cl)cc1)[C@@H]1CCC(=O)N1Cc1cccs1. The Labute approximate surface area is 137 Å². The van der Waals surface area contributed by atoms with Crippen LogP contribution in [0.2, 0.25) is 5.02 Å². The van der Waals surface area contributed by atoms with Crippen LogP contribution in [0.15, 0.2) is 41.8 Å². The number of carbonyl (C=O) groups excluding carboxylic acids is 2. The van der Waals surface area contributed by atoms with Crippen molar-refractivity contribution in [2.75, 3.05) is 5.32 Å². The Bertz CT molecular complexity index is 670. The number of amides is 2. The maximum absolute atomic E-state index is 12.4. The number of hydrogen-bond acceptors (Lipinski definition) is 3. The van der Waals surface area contributed by atoms with Crippen LogP contribution in [0.3, 0.4) is 0 Å². The predicted octanol–water partition coefficient (Wildman–Crippen LogP) is 3.53. The van der Waals surface area contributed by atoms with E-state index in [-0.39, 0.29) is 11.8 Å². The second-order valence-electron chi connectivity index (χ2n) is 5.15. The summed E-state index contributed by atoms with van der Waals surface area (Å²) >= 11 is 7.42. The van der Waals surface area contributed by atoms with Crippen molar-refractivity contribution in [2.24, 2.45) is 0 Å². The molecule has 1 aromatic heterocycles. The molecule has 114 valence electrons. The molecule has 2 aromatic rings. The minimum atomic E-state index is -0.412. The lowest BCUT2D eigenvalue weighted by Gasteiger charge is -2.23. The summed E-state index contributed by atoms with van der Waals surface area (Å²) in [5.74, 6) is -0.116. The Kier molecular flexibility index (Phi) is 4.45. The summed E-state index contributed by atoms with van der Waals surface area (Å²) in [6.45, 7) is 0.495. The second-order valence-corrected chi connectivity index (χ2v) is 6.62. The molecular formula is C16H15ClN2O2S. The van der Waals surface area contributed by atoms with Crippen LogP contribution in [0.1, 0.15) is 17.7 Å². The van der Waals surface area contributed by atoms with Crippen LogP contribution in [0, 0.1) is 0 Å². The maximum atomic E-state index is 12.4. The van der Waals surface area contributed by atoms with Crippen molar-refractivity contribution in [3.8, 4) is 0 Å². The van der Waals surface area contributed by atoms with Gasteiger partial charge in [-0.1, -0.05) is 17.7 Å². The van der Waals surface area contributed by atoms with Crippen molar-refractivity contribution in [2.45, 2.75) is 25.4 Å². The van der Waals surface area contributed by atoms with E-state index in [0.717, 1.165) is 4.88 Å². The molecule has 3 rings (SSSR count). The molecular weight excluding hydrogens is 320 g/mol. The third kappa shape index (κ3) is 3.31. The number of rotatable bonds is 4. The summed E-state index contributed by atoms with van der Waals surface area (Å²) in [5, 5.41) is 5.44. The number of halogens is 1. The molecule has 0 radical (unpaired) electrons. The zero-order valence-corrected chi connectivity index (χ0v) is 13.4. The van der Waals surface area contributed by atoms with Gasteiger partial charge in [0.1, 0.15) is 6.04 Å². The first kappa shape index (κ1) is 15.1. The number of likely N-dealkylation sites (tertiary alicyclic amines) is 1. The molecule has 1 N–H and O–H groups in total. The van der Waals surface area contributed by atoms with Crippen molar-refractivity contribution in [1.29, 1.82) is 0 Å². The second kappa shape index (κ2) is 6.50. The summed E-state index contributed by atoms with van der Waals surface area (Å²) in [7, 11) is 0. The van der Waals surface area contributed by atoms with Crippen LogP contribution in [-0.2, 0) is 16.1 Å². The van der Waals surface area contributed by atoms with E-state index in [9.17, 15) is 9.59 Å². The summed E-state index contributed by atoms with van der Waals surface area (Å²) in [5.41, 5.74) is 0.685. The molecule has 0 spiro atoms. The van der Waals surface area contributed by atoms with Gasteiger partial charge in [-0.05, 0) is 42.1 Å². The highest BCUT2D eigenvalue weighted by molar-refractivity contribution is 7.09. The molecule has 1 aliphatic rings. The van der Waals surface area contributed by atoms with Crippen molar-refractivity contribution >= 4 is 40.4 Å². The Morgan fingerprint density at radius 3 is 2.77 bits per heavy atom. The molecule has 6 heteroatoms. The monoisotopic (exact) mass is 334 g/mol. The molecule has 1 fully saturated rings. The Morgan fingerprint density at radius 1 is 1.32 bits per heavy atom. The average molecular weight is 335 g/mol. The quantitative estimate of drug-likeness (QED) is 0.929. The summed E-state index contributed by atoms with van der Waals surface area (Å²) in [4.78, 5) is 27.2. The molecule has 1 aromatic carbocycles. The number of hydrogen-bond donors (Lipinski definition) is 1. The van der Waals surface area contributed by atoms with Gasteiger partial charge in [0.25, 0.3) is 0 Å². The lowest BCUT2D eigenvalue weighted by Crippen LogP contribution is -2.40. The van der Waals surface area contributed by atoms with Crippen LogP contribution in [0.4, 0.5) is 5.69 Å². The molecule has 0 unspecified atom stereocenters. The molecule has 1 saturated heterocycles. The number of anilines is 1. The highest BCUT2D eigenvalue weighted by atomic mass is 35.5. The Hall–Kier alpha value is -1.85. The summed E-state index contributed by atoms with van der Waals surface area (Å²) < 4.78 is 0. The number of carbonyl (C=O) groups is 2. The van der Waals surface area contributed by atoms with E-state index in [1.807, 2.05) is 17.5 Å². The first-order valence-electron chi connectivity index (χ1n) is 7.02. The summed E-state index contributed by atoms with van der Waals surface area (Å²) in [6, 6.07) is 10.5. The van der Waals surface area contributed by atoms with Gasteiger partial charge in [0.05, 0.1) is 6.54 Å². The average Bonchev–Trinajstić information content (AvgIpc) is 3.13. The van der Waals surface area contributed by atoms with Gasteiger partial charge in [0.15, 0.2) is 0 Å². The van der Waals surface area contributed by atoms with Gasteiger partial charge in [0.2, 0.25) is 11.8 Å². The van der Waals surface area contributed by atoms with E-state index in [1.165, 1.54) is 0 Å². The fraction of sp³-hybridized carbons (Fsp3) is 0.250. The lowest BCUT2D eigenvalue weighted by atomic mass is 10.2. The fourth-order valence-corrected chi connectivity index (χ4v) is 3.36. The van der Waals surface area contributed by atoms with Crippen molar-refractivity contribution < 1.29 is 9.59 Å². The highest BCUT2D eigenvalue weighted by Crippen LogP contribution is 2.24. The Balaban J connectivity index is 1.70. The van der Waals surface area contributed by atoms with Crippen LogP contribution in [0.5, 0.6) is 0 Å². The van der Waals surface area contributed by atoms with Gasteiger partial charge < -0.3 is 10.2 Å². The van der Waals surface area contributed by atoms with E-state index >= 15 is 0 Å². The molecule has 0 saturated carbocycles. The number of nitrogens with zero attached hydrogens (tertiary/aromatic N) is 1. The molecule has 2 heterocycles. The minimum Gasteiger partial charge on any atom is -0.326 e. The van der Waals surface area contributed by atoms with Crippen LogP contribution < -0.4 is 5.32 Å². The standard InChI is InChI=1S/C16H15ClN2O2S/c17-11-3-5-12(6-4-11)18-16(21)14-7-8-15(20)19(14)10-13-2-1-9-22-13/h1-6,9,14H,7-8,10H2,(H,18,21)/t14-/m0/s1. The zero-order valence-electron chi connectivity index (χ0n) is 11.8. The topological polar surface area (TPSA) is 49.4 Å². The molecule has 4 nitrogen and oxygen atoms in total. The highest BCUT2D eigenvalue weighted by Gasteiger charge is 2.36. The third-order valence-electron chi connectivity index (χ3n) is 3.65. The smallest absolute Gasteiger partial charge is 0.247 e. The number of nitrogens with one attached hydrogen (secondary N) is 1. The molecule has 0 aliphatic carbocycles. The molecule has 0 bridgehead atoms. The van der Waals surface area contributed by atoms with Crippen molar-refractivity contribution in [3.63, 3.8) is 0 Å². The minimum absolute atomic E-state index is 0.0321. The van der Waals surface area contributed by atoms with E-state index in [0.29, 0.717) is 30.1 Å². The lowest BCUT2D eigenvalue weighted by molar-refractivity contribution is -0.133. The number of benzene rings is 1. The Morgan fingerprint density at radius 2 is 2.09 bits per heavy atom. The predicted molar refractivity (Wildman–Crippen MR) is 88.0 cm³/mol.